The fourth-order valence-electron chi connectivity index (χ4n) is 2.10. The number of nitrogens with one attached hydrogen (secondary N) is 2. The molecule has 0 saturated carbocycles. The third-order valence-electron chi connectivity index (χ3n) is 3.41. The number of hydrogen-bond donors (Lipinski definition) is 2. The highest BCUT2D eigenvalue weighted by Crippen LogP contribution is 2.08. The van der Waals surface area contributed by atoms with Crippen molar-refractivity contribution in [2.45, 2.75) is 19.3 Å². The molecule has 2 rings (SSSR count). The van der Waals surface area contributed by atoms with Gasteiger partial charge in [-0.05, 0) is 42.0 Å². The predicted octanol–water partition coefficient (Wildman–Crippen LogP) is 3.20. The Kier molecular flexibility index (Phi) is 7.70. The van der Waals surface area contributed by atoms with Gasteiger partial charge in [-0.25, -0.2) is 4.39 Å². The fraction of sp³-hybridized carbons (Fsp3) is 0.211. The van der Waals surface area contributed by atoms with Crippen LogP contribution in [0.5, 0.6) is 0 Å². The lowest BCUT2D eigenvalue weighted by Gasteiger charge is -2.09. The topological polar surface area (TPSA) is 67.4 Å². The second-order valence-electron chi connectivity index (χ2n) is 5.47. The second-order valence-corrected chi connectivity index (χ2v) is 5.87. The van der Waals surface area contributed by atoms with E-state index in [1.807, 2.05) is 30.3 Å². The van der Waals surface area contributed by atoms with E-state index in [2.05, 4.69) is 10.6 Å². The Balaban J connectivity index is 1.62. The minimum atomic E-state index is -0.437. The van der Waals surface area contributed by atoms with E-state index < -0.39 is 11.9 Å². The van der Waals surface area contributed by atoms with E-state index in [1.165, 1.54) is 24.3 Å². The zero-order chi connectivity index (χ0) is 18.8. The van der Waals surface area contributed by atoms with Gasteiger partial charge in [0, 0.05) is 18.5 Å². The van der Waals surface area contributed by atoms with Crippen molar-refractivity contribution < 1.29 is 18.7 Å². The average Bonchev–Trinajstić information content (AvgIpc) is 2.63. The summed E-state index contributed by atoms with van der Waals surface area (Å²) in [7, 11) is 0. The molecule has 0 fully saturated rings. The highest BCUT2D eigenvalue weighted by atomic mass is 32.1. The molecule has 0 bridgehead atoms. The first kappa shape index (κ1) is 19.5. The van der Waals surface area contributed by atoms with Crippen LogP contribution in [-0.2, 0) is 20.7 Å². The zero-order valence-electron chi connectivity index (χ0n) is 14.0. The fourth-order valence-corrected chi connectivity index (χ4v) is 2.33. The molecular formula is C19H19FN2O3S. The van der Waals surface area contributed by atoms with Gasteiger partial charge < -0.3 is 15.4 Å². The van der Waals surface area contributed by atoms with Gasteiger partial charge in [-0.1, -0.05) is 30.3 Å². The number of thiocarbonyl (C=S) groups is 1. The summed E-state index contributed by atoms with van der Waals surface area (Å²) < 4.78 is 17.9. The number of carbonyl (C=O) groups is 2. The van der Waals surface area contributed by atoms with Gasteiger partial charge in [0.2, 0.25) is 5.91 Å². The third kappa shape index (κ3) is 7.40. The molecule has 0 radical (unpaired) electrons. The monoisotopic (exact) mass is 374 g/mol. The SMILES string of the molecule is O=C(CCC(=O)OCCc1ccccc1)NC(=S)Nc1ccc(F)cc1. The maximum Gasteiger partial charge on any atom is 0.306 e. The number of carbonyl (C=O) groups excluding carboxylic acids is 2. The van der Waals surface area contributed by atoms with Crippen molar-refractivity contribution in [2.24, 2.45) is 0 Å². The minimum absolute atomic E-state index is 0.0280. The molecule has 0 aliphatic rings. The molecule has 2 N–H and O–H groups in total. The van der Waals surface area contributed by atoms with Crippen LogP contribution in [0.25, 0.3) is 0 Å². The van der Waals surface area contributed by atoms with Crippen molar-refractivity contribution in [3.63, 3.8) is 0 Å². The molecule has 0 saturated heterocycles. The molecule has 1 amide bonds. The van der Waals surface area contributed by atoms with Crippen LogP contribution in [0.4, 0.5) is 10.1 Å². The molecule has 0 aromatic heterocycles. The van der Waals surface area contributed by atoms with Crippen LogP contribution in [0.3, 0.4) is 0 Å². The number of rotatable bonds is 7. The molecule has 0 atom stereocenters. The summed E-state index contributed by atoms with van der Waals surface area (Å²) in [5.41, 5.74) is 1.63. The van der Waals surface area contributed by atoms with E-state index >= 15 is 0 Å². The second kappa shape index (κ2) is 10.2. The largest absolute Gasteiger partial charge is 0.465 e. The van der Waals surface area contributed by atoms with Crippen LogP contribution >= 0.6 is 12.2 Å². The number of hydrogen-bond acceptors (Lipinski definition) is 4. The van der Waals surface area contributed by atoms with E-state index in [-0.39, 0.29) is 30.4 Å². The highest BCUT2D eigenvalue weighted by Gasteiger charge is 2.10. The Morgan fingerprint density at radius 3 is 2.38 bits per heavy atom. The lowest BCUT2D eigenvalue weighted by atomic mass is 10.2. The molecule has 2 aromatic rings. The standard InChI is InChI=1S/C19H19FN2O3S/c20-15-6-8-16(9-7-15)21-19(26)22-17(23)10-11-18(24)25-13-12-14-4-2-1-3-5-14/h1-9H,10-13H2,(H2,21,22,23,26). The van der Waals surface area contributed by atoms with E-state index in [0.717, 1.165) is 5.56 Å². The summed E-state index contributed by atoms with van der Waals surface area (Å²) in [6, 6.07) is 15.2. The lowest BCUT2D eigenvalue weighted by molar-refractivity contribution is -0.144. The molecule has 0 aliphatic heterocycles. The van der Waals surface area contributed by atoms with Gasteiger partial charge in [0.15, 0.2) is 5.11 Å². The molecule has 0 spiro atoms. The number of ether oxygens (including phenoxy) is 1. The summed E-state index contributed by atoms with van der Waals surface area (Å²) in [6.45, 7) is 0.273. The van der Waals surface area contributed by atoms with Crippen LogP contribution in [-0.4, -0.2) is 23.6 Å². The van der Waals surface area contributed by atoms with Crippen molar-refractivity contribution in [3.05, 3.63) is 66.0 Å². The van der Waals surface area contributed by atoms with Crippen molar-refractivity contribution >= 4 is 34.9 Å². The molecule has 5 nitrogen and oxygen atoms in total. The molecule has 0 unspecified atom stereocenters. The van der Waals surface area contributed by atoms with Gasteiger partial charge >= 0.3 is 5.97 Å². The van der Waals surface area contributed by atoms with Crippen LogP contribution < -0.4 is 10.6 Å². The molecule has 136 valence electrons. The van der Waals surface area contributed by atoms with Gasteiger partial charge in [0.25, 0.3) is 0 Å². The van der Waals surface area contributed by atoms with E-state index in [9.17, 15) is 14.0 Å². The maximum atomic E-state index is 12.8. The first-order valence-electron chi connectivity index (χ1n) is 8.09. The van der Waals surface area contributed by atoms with Gasteiger partial charge in [0.05, 0.1) is 13.0 Å². The van der Waals surface area contributed by atoms with E-state index in [1.54, 1.807) is 0 Å². The number of anilines is 1. The molecule has 26 heavy (non-hydrogen) atoms. The molecule has 2 aromatic carbocycles. The van der Waals surface area contributed by atoms with Crippen molar-refractivity contribution in [1.29, 1.82) is 0 Å². The van der Waals surface area contributed by atoms with Crippen LogP contribution in [0, 0.1) is 5.82 Å². The smallest absolute Gasteiger partial charge is 0.306 e. The maximum absolute atomic E-state index is 12.8. The van der Waals surface area contributed by atoms with Gasteiger partial charge in [0.1, 0.15) is 5.82 Å². The van der Waals surface area contributed by atoms with Crippen molar-refractivity contribution in [1.82, 2.24) is 5.32 Å². The minimum Gasteiger partial charge on any atom is -0.465 e. The number of amides is 1. The van der Waals surface area contributed by atoms with Gasteiger partial charge in [-0.2, -0.15) is 0 Å². The molecule has 0 heterocycles. The van der Waals surface area contributed by atoms with Crippen LogP contribution in [0.15, 0.2) is 54.6 Å². The van der Waals surface area contributed by atoms with E-state index in [0.29, 0.717) is 12.1 Å². The lowest BCUT2D eigenvalue weighted by Crippen LogP contribution is -2.34. The van der Waals surface area contributed by atoms with Gasteiger partial charge in [-0.15, -0.1) is 0 Å². The normalized spacial score (nSPS) is 10.0. The first-order chi connectivity index (χ1) is 12.5. The number of esters is 1. The van der Waals surface area contributed by atoms with Crippen molar-refractivity contribution in [3.8, 4) is 0 Å². The van der Waals surface area contributed by atoms with E-state index in [4.69, 9.17) is 17.0 Å². The highest BCUT2D eigenvalue weighted by molar-refractivity contribution is 7.80. The van der Waals surface area contributed by atoms with Crippen LogP contribution in [0.2, 0.25) is 0 Å². The van der Waals surface area contributed by atoms with Crippen molar-refractivity contribution in [2.75, 3.05) is 11.9 Å². The Hall–Kier alpha value is -2.80. The Labute approximate surface area is 156 Å². The summed E-state index contributed by atoms with van der Waals surface area (Å²) in [6.07, 6.45) is 0.569. The quantitative estimate of drug-likeness (QED) is 0.575. The summed E-state index contributed by atoms with van der Waals surface area (Å²) in [5, 5.41) is 5.30. The Morgan fingerprint density at radius 1 is 1.00 bits per heavy atom. The van der Waals surface area contributed by atoms with Crippen LogP contribution in [0.1, 0.15) is 18.4 Å². The van der Waals surface area contributed by atoms with Gasteiger partial charge in [-0.3, -0.25) is 9.59 Å². The summed E-state index contributed by atoms with van der Waals surface area (Å²) >= 11 is 5.00. The Morgan fingerprint density at radius 2 is 1.69 bits per heavy atom. The molecule has 0 aliphatic carbocycles. The predicted molar refractivity (Wildman–Crippen MR) is 101 cm³/mol. The molecule has 7 heteroatoms. The zero-order valence-corrected chi connectivity index (χ0v) is 14.9. The average molecular weight is 374 g/mol. The summed E-state index contributed by atoms with van der Waals surface area (Å²) in [4.78, 5) is 23.5. The number of halogens is 1. The number of benzene rings is 2. The summed E-state index contributed by atoms with van der Waals surface area (Å²) in [5.74, 6) is -1.20. The third-order valence-corrected chi connectivity index (χ3v) is 3.61. The Bertz CT molecular complexity index is 751. The molecular weight excluding hydrogens is 355 g/mol. The first-order valence-corrected chi connectivity index (χ1v) is 8.50.